The van der Waals surface area contributed by atoms with Crippen molar-refractivity contribution in [3.63, 3.8) is 0 Å². The van der Waals surface area contributed by atoms with E-state index in [1.165, 1.54) is 24.6 Å². The van der Waals surface area contributed by atoms with Gasteiger partial charge < -0.3 is 24.1 Å². The van der Waals surface area contributed by atoms with Gasteiger partial charge in [-0.3, -0.25) is 4.57 Å². The summed E-state index contributed by atoms with van der Waals surface area (Å²) in [6.45, 7) is 2.92. The largest absolute Gasteiger partial charge is 0.456 e. The Bertz CT molecular complexity index is 1760. The summed E-state index contributed by atoms with van der Waals surface area (Å²) >= 11 is 0. The zero-order valence-electron chi connectivity index (χ0n) is 23.9. The van der Waals surface area contributed by atoms with E-state index in [9.17, 15) is 13.7 Å². The van der Waals surface area contributed by atoms with Crippen molar-refractivity contribution in [3.05, 3.63) is 60.2 Å². The first-order valence-corrected chi connectivity index (χ1v) is 16.2. The Labute approximate surface area is 247 Å². The first kappa shape index (κ1) is 29.6. The average molecular weight is 615 g/mol. The summed E-state index contributed by atoms with van der Waals surface area (Å²) in [6.07, 6.45) is 1.60. The summed E-state index contributed by atoms with van der Waals surface area (Å²) in [6, 6.07) is 12.6. The monoisotopic (exact) mass is 614 g/mol. The van der Waals surface area contributed by atoms with Crippen molar-refractivity contribution >= 4 is 26.6 Å². The zero-order valence-corrected chi connectivity index (χ0v) is 24.7. The van der Waals surface area contributed by atoms with Crippen LogP contribution in [0.25, 0.3) is 33.5 Å². The van der Waals surface area contributed by atoms with E-state index in [4.69, 9.17) is 18.9 Å². The Kier molecular flexibility index (Phi) is 8.18. The van der Waals surface area contributed by atoms with Crippen molar-refractivity contribution in [2.75, 3.05) is 32.3 Å². The normalized spacial score (nSPS) is 21.8. The van der Waals surface area contributed by atoms with Gasteiger partial charge in [-0.05, 0) is 24.1 Å². The number of rotatable bonds is 9. The Hall–Kier alpha value is -3.49. The fourth-order valence-electron chi connectivity index (χ4n) is 5.26. The molecule has 0 radical (unpaired) electrons. The first-order valence-electron chi connectivity index (χ1n) is 13.9. The molecule has 0 amide bonds. The van der Waals surface area contributed by atoms with E-state index in [0.29, 0.717) is 34.5 Å². The van der Waals surface area contributed by atoms with Crippen LogP contribution in [0.15, 0.2) is 52.9 Å². The average Bonchev–Trinajstić information content (AvgIpc) is 3.63. The number of hydrogen-bond acceptors (Lipinski definition) is 9. The second kappa shape index (κ2) is 11.9. The van der Waals surface area contributed by atoms with E-state index in [1.807, 2.05) is 6.92 Å². The lowest BCUT2D eigenvalue weighted by atomic mass is 10.0. The second-order valence-electron chi connectivity index (χ2n) is 10.9. The summed E-state index contributed by atoms with van der Waals surface area (Å²) in [4.78, 5) is 9.07. The van der Waals surface area contributed by atoms with Gasteiger partial charge in [0.2, 0.25) is 0 Å². The number of imidazole rings is 1. The van der Waals surface area contributed by atoms with Gasteiger partial charge in [0.05, 0.1) is 24.4 Å². The molecule has 2 aromatic heterocycles. The fraction of sp³-hybridized carbons (Fsp3) is 0.400. The third kappa shape index (κ3) is 6.13. The smallest absolute Gasteiger partial charge is 0.301 e. The van der Waals surface area contributed by atoms with Crippen LogP contribution in [-0.2, 0) is 30.7 Å². The number of benzene rings is 2. The number of pyridine rings is 1. The van der Waals surface area contributed by atoms with Crippen molar-refractivity contribution in [3.8, 4) is 28.4 Å². The molecule has 0 bridgehead atoms. The molecule has 2 fully saturated rings. The lowest BCUT2D eigenvalue weighted by molar-refractivity contribution is 0.00305. The van der Waals surface area contributed by atoms with E-state index in [0.717, 1.165) is 6.42 Å². The minimum absolute atomic E-state index is 0.0747. The molecule has 43 heavy (non-hydrogen) atoms. The maximum absolute atomic E-state index is 15.5. The molecule has 0 unspecified atom stereocenters. The summed E-state index contributed by atoms with van der Waals surface area (Å²) in [5.74, 6) is -1.09. The second-order valence-corrected chi connectivity index (χ2v) is 13.4. The highest BCUT2D eigenvalue weighted by Gasteiger charge is 2.49. The summed E-state index contributed by atoms with van der Waals surface area (Å²) < 4.78 is 71.3. The highest BCUT2D eigenvalue weighted by atomic mass is 32.2. The molecule has 10 nitrogen and oxygen atoms in total. The lowest BCUT2D eigenvalue weighted by Crippen LogP contribution is -2.35. The molecule has 2 aliphatic rings. The van der Waals surface area contributed by atoms with Gasteiger partial charge in [0, 0.05) is 52.1 Å². The van der Waals surface area contributed by atoms with Crippen LogP contribution in [-0.4, -0.2) is 80.6 Å². The number of nitrogens with zero attached hydrogens (tertiary/aromatic N) is 4. The van der Waals surface area contributed by atoms with Crippen molar-refractivity contribution in [1.82, 2.24) is 14.5 Å². The van der Waals surface area contributed by atoms with Crippen LogP contribution in [0.1, 0.15) is 13.3 Å². The van der Waals surface area contributed by atoms with Gasteiger partial charge in [0.1, 0.15) is 36.6 Å². The number of aromatic nitrogens is 3. The van der Waals surface area contributed by atoms with E-state index < -0.39 is 45.8 Å². The van der Waals surface area contributed by atoms with Gasteiger partial charge in [-0.1, -0.05) is 31.2 Å². The number of aliphatic hydroxyl groups is 1. The highest BCUT2D eigenvalue weighted by molar-refractivity contribution is 7.92. The van der Waals surface area contributed by atoms with Crippen LogP contribution in [0.5, 0.6) is 6.01 Å². The van der Waals surface area contributed by atoms with Gasteiger partial charge in [0.15, 0.2) is 17.6 Å². The molecule has 2 aliphatic heterocycles. The Morgan fingerprint density at radius 2 is 1.77 bits per heavy atom. The molecule has 4 atom stereocenters. The van der Waals surface area contributed by atoms with Crippen LogP contribution >= 0.6 is 0 Å². The molecule has 4 heterocycles. The van der Waals surface area contributed by atoms with Gasteiger partial charge in [-0.25, -0.2) is 18.0 Å². The van der Waals surface area contributed by atoms with Crippen LogP contribution in [0.4, 0.5) is 14.5 Å². The third-order valence-corrected chi connectivity index (χ3v) is 7.86. The maximum Gasteiger partial charge on any atom is 0.301 e. The number of aliphatic hydroxyl groups excluding tert-OH is 1. The molecule has 1 N–H and O–H groups in total. The van der Waals surface area contributed by atoms with E-state index in [1.54, 1.807) is 41.0 Å². The molecular weight excluding hydrogens is 582 g/mol. The molecule has 2 saturated heterocycles. The minimum Gasteiger partial charge on any atom is -0.456 e. The molecule has 6 rings (SSSR count). The molecule has 228 valence electrons. The Balaban J connectivity index is 1.30. The predicted octanol–water partition coefficient (Wildman–Crippen LogP) is 4.69. The van der Waals surface area contributed by atoms with Gasteiger partial charge >= 0.3 is 6.01 Å². The predicted molar refractivity (Wildman–Crippen MR) is 157 cm³/mol. The molecule has 0 spiro atoms. The van der Waals surface area contributed by atoms with Gasteiger partial charge in [0.25, 0.3) is 0 Å². The maximum atomic E-state index is 15.5. The number of ether oxygens (including phenoxy) is 4. The SMILES string of the molecule is CCCOCn1c(O[C@@H]2CO[C@H]3[C@@H]2OC[C@H]3O)nc2nc(-c3ccc(-c4ccc(N=S(C)(C)=O)cc4F)cc3)c(F)cc21. The van der Waals surface area contributed by atoms with E-state index in [2.05, 4.69) is 14.3 Å². The van der Waals surface area contributed by atoms with Gasteiger partial charge in [-0.15, -0.1) is 0 Å². The van der Waals surface area contributed by atoms with Crippen LogP contribution in [0.2, 0.25) is 0 Å². The van der Waals surface area contributed by atoms with Crippen molar-refractivity contribution in [2.24, 2.45) is 4.36 Å². The summed E-state index contributed by atoms with van der Waals surface area (Å²) in [5, 5.41) is 10.1. The number of halogens is 2. The van der Waals surface area contributed by atoms with Crippen molar-refractivity contribution in [2.45, 2.75) is 44.5 Å². The Morgan fingerprint density at radius 3 is 2.49 bits per heavy atom. The molecular formula is C30H32F2N4O6S. The lowest BCUT2D eigenvalue weighted by Gasteiger charge is -2.18. The molecule has 0 saturated carbocycles. The highest BCUT2D eigenvalue weighted by Crippen LogP contribution is 2.33. The van der Waals surface area contributed by atoms with E-state index >= 15 is 4.39 Å². The minimum atomic E-state index is -2.42. The van der Waals surface area contributed by atoms with Crippen LogP contribution in [0.3, 0.4) is 0 Å². The summed E-state index contributed by atoms with van der Waals surface area (Å²) in [5.41, 5.74) is 2.40. The molecule has 4 aromatic rings. The quantitative estimate of drug-likeness (QED) is 0.270. The standard InChI is InChI=1S/C30H32F2N4O6S/c1-4-11-39-16-36-23-13-22(32)26(33-29(23)34-30(36)42-25-15-41-27-24(37)14-40-28(25)27)18-7-5-17(6-8-18)20-10-9-19(12-21(20)31)35-43(2,3)38/h5-10,12-13,24-25,27-28,37H,4,11,14-16H2,1-3H3/t24-,25-,27-,28-/m1/s1. The molecule has 13 heteroatoms. The third-order valence-electron chi connectivity index (χ3n) is 7.21. The Morgan fingerprint density at radius 1 is 1.02 bits per heavy atom. The van der Waals surface area contributed by atoms with Crippen LogP contribution < -0.4 is 4.74 Å². The zero-order chi connectivity index (χ0) is 30.3. The van der Waals surface area contributed by atoms with Crippen molar-refractivity contribution < 1.29 is 37.0 Å². The van der Waals surface area contributed by atoms with E-state index in [-0.39, 0.29) is 37.3 Å². The fourth-order valence-corrected chi connectivity index (χ4v) is 5.88. The first-order chi connectivity index (χ1) is 20.6. The van der Waals surface area contributed by atoms with Crippen LogP contribution in [0, 0.1) is 11.6 Å². The van der Waals surface area contributed by atoms with Gasteiger partial charge in [-0.2, -0.15) is 9.35 Å². The molecule has 0 aliphatic carbocycles. The number of hydrogen-bond donors (Lipinski definition) is 1. The topological polar surface area (TPSA) is 117 Å². The number of fused-ring (bicyclic) bond motifs is 2. The summed E-state index contributed by atoms with van der Waals surface area (Å²) in [7, 11) is -2.42. The van der Waals surface area contributed by atoms with Crippen molar-refractivity contribution in [1.29, 1.82) is 0 Å². The molecule has 2 aromatic carbocycles.